The van der Waals surface area contributed by atoms with Crippen molar-refractivity contribution in [3.8, 4) is 5.75 Å². The third-order valence-electron chi connectivity index (χ3n) is 3.45. The Kier molecular flexibility index (Phi) is 7.51. The van der Waals surface area contributed by atoms with E-state index in [1.807, 2.05) is 18.2 Å². The molecule has 2 aromatic carbocycles. The van der Waals surface area contributed by atoms with Crippen LogP contribution < -0.4 is 27.6 Å². The maximum Gasteiger partial charge on any atom is 0.238 e. The Morgan fingerprint density at radius 1 is 1.09 bits per heavy atom. The van der Waals surface area contributed by atoms with Gasteiger partial charge in [0.1, 0.15) is 12.3 Å². The first-order valence-corrected chi connectivity index (χ1v) is 8.60. The van der Waals surface area contributed by atoms with Crippen LogP contribution in [0.5, 0.6) is 5.75 Å². The number of halogens is 1. The third kappa shape index (κ3) is 5.84. The lowest BCUT2D eigenvalue weighted by Crippen LogP contribution is -3.00. The Hall–Kier alpha value is -1.60. The zero-order valence-corrected chi connectivity index (χ0v) is 14.5. The smallest absolute Gasteiger partial charge is 0.238 e. The summed E-state index contributed by atoms with van der Waals surface area (Å²) in [4.78, 5) is 0.147. The van der Waals surface area contributed by atoms with Gasteiger partial charge in [-0.25, -0.2) is 13.6 Å². The van der Waals surface area contributed by atoms with E-state index in [0.717, 1.165) is 36.4 Å². The number of sulfonamides is 1. The number of hydrogen-bond acceptors (Lipinski definition) is 3. The molecule has 4 N–H and O–H groups in total. The van der Waals surface area contributed by atoms with Crippen LogP contribution in [-0.4, -0.2) is 22.1 Å². The summed E-state index contributed by atoms with van der Waals surface area (Å²) in [6.07, 6.45) is 0.861. The first-order chi connectivity index (χ1) is 10.5. The number of para-hydroxylation sites is 1. The second-order valence-corrected chi connectivity index (χ2v) is 6.59. The van der Waals surface area contributed by atoms with Crippen LogP contribution in [0, 0.1) is 0 Å². The van der Waals surface area contributed by atoms with Crippen LogP contribution in [0.25, 0.3) is 0 Å². The van der Waals surface area contributed by atoms with Crippen LogP contribution >= 0.6 is 0 Å². The normalized spacial score (nSPS) is 10.9. The number of methoxy groups -OCH3 is 1. The molecule has 0 aromatic heterocycles. The minimum atomic E-state index is -3.61. The van der Waals surface area contributed by atoms with E-state index in [1.165, 1.54) is 0 Å². The number of rotatable bonds is 7. The quantitative estimate of drug-likeness (QED) is 0.545. The van der Waals surface area contributed by atoms with Crippen molar-refractivity contribution in [3.63, 3.8) is 0 Å². The number of benzene rings is 2. The van der Waals surface area contributed by atoms with Crippen LogP contribution in [0.4, 0.5) is 0 Å². The van der Waals surface area contributed by atoms with Gasteiger partial charge < -0.3 is 22.5 Å². The lowest BCUT2D eigenvalue weighted by atomic mass is 10.1. The second kappa shape index (κ2) is 8.88. The van der Waals surface area contributed by atoms with Crippen LogP contribution in [0.3, 0.4) is 0 Å². The van der Waals surface area contributed by atoms with Crippen molar-refractivity contribution in [1.82, 2.24) is 0 Å². The van der Waals surface area contributed by atoms with E-state index in [4.69, 9.17) is 9.88 Å². The van der Waals surface area contributed by atoms with E-state index < -0.39 is 10.0 Å². The van der Waals surface area contributed by atoms with Crippen LogP contribution in [0.15, 0.2) is 53.4 Å². The van der Waals surface area contributed by atoms with E-state index in [0.29, 0.717) is 0 Å². The Morgan fingerprint density at radius 3 is 2.35 bits per heavy atom. The summed E-state index contributed by atoms with van der Waals surface area (Å²) in [5.74, 6) is 0.899. The van der Waals surface area contributed by atoms with Crippen molar-refractivity contribution in [2.75, 3.05) is 13.7 Å². The molecule has 0 fully saturated rings. The number of primary sulfonamides is 1. The lowest BCUT2D eigenvalue weighted by Gasteiger charge is -2.07. The van der Waals surface area contributed by atoms with Crippen molar-refractivity contribution in [3.05, 3.63) is 59.7 Å². The number of quaternary nitrogens is 1. The molecule has 0 amide bonds. The summed E-state index contributed by atoms with van der Waals surface area (Å²) < 4.78 is 27.7. The molecule has 0 bridgehead atoms. The van der Waals surface area contributed by atoms with E-state index in [2.05, 4.69) is 11.4 Å². The van der Waals surface area contributed by atoms with Gasteiger partial charge in [0.05, 0.1) is 18.6 Å². The zero-order chi connectivity index (χ0) is 16.0. The van der Waals surface area contributed by atoms with Gasteiger partial charge in [-0.15, -0.1) is 0 Å². The molecule has 2 aromatic rings. The van der Waals surface area contributed by atoms with Crippen LogP contribution in [0.2, 0.25) is 0 Å². The standard InChI is InChI=1S/C16H20N2O3S.ClH/c1-21-16-5-3-2-4-14(16)12-18-11-10-13-6-8-15(9-7-13)22(17,19)20;/h2-9,18H,10-12H2,1H3,(H2,17,19,20);1H. The van der Waals surface area contributed by atoms with Gasteiger partial charge in [-0.1, -0.05) is 24.3 Å². The Morgan fingerprint density at radius 2 is 1.74 bits per heavy atom. The predicted octanol–water partition coefficient (Wildman–Crippen LogP) is -2.35. The van der Waals surface area contributed by atoms with Gasteiger partial charge in [0.2, 0.25) is 10.0 Å². The molecule has 0 radical (unpaired) electrons. The third-order valence-corrected chi connectivity index (χ3v) is 4.38. The van der Waals surface area contributed by atoms with Crippen LogP contribution in [0.1, 0.15) is 11.1 Å². The van der Waals surface area contributed by atoms with Gasteiger partial charge in [-0.2, -0.15) is 0 Å². The lowest BCUT2D eigenvalue weighted by molar-refractivity contribution is -0.670. The maximum absolute atomic E-state index is 11.2. The summed E-state index contributed by atoms with van der Waals surface area (Å²) in [6, 6.07) is 14.7. The highest BCUT2D eigenvalue weighted by atomic mass is 35.5. The first kappa shape index (κ1) is 19.4. The molecular weight excluding hydrogens is 336 g/mol. The summed E-state index contributed by atoms with van der Waals surface area (Å²) >= 11 is 0. The molecule has 0 atom stereocenters. The van der Waals surface area contributed by atoms with Gasteiger partial charge >= 0.3 is 0 Å². The number of ether oxygens (including phenoxy) is 1. The highest BCUT2D eigenvalue weighted by Crippen LogP contribution is 2.15. The largest absolute Gasteiger partial charge is 1.00 e. The van der Waals surface area contributed by atoms with Crippen molar-refractivity contribution in [1.29, 1.82) is 0 Å². The van der Waals surface area contributed by atoms with Gasteiger partial charge in [-0.3, -0.25) is 0 Å². The molecule has 0 heterocycles. The molecule has 2 rings (SSSR count). The van der Waals surface area contributed by atoms with Crippen LogP contribution in [-0.2, 0) is 23.0 Å². The maximum atomic E-state index is 11.2. The van der Waals surface area contributed by atoms with Crippen molar-refractivity contribution < 1.29 is 30.9 Å². The SMILES string of the molecule is COc1ccccc1C[NH2+]CCc1ccc(S(N)(=O)=O)cc1.[Cl-]. The minimum absolute atomic E-state index is 0. The summed E-state index contributed by atoms with van der Waals surface area (Å²) in [5.41, 5.74) is 2.25. The predicted molar refractivity (Wildman–Crippen MR) is 85.0 cm³/mol. The molecule has 0 saturated heterocycles. The Bertz CT molecular complexity index is 718. The van der Waals surface area contributed by atoms with E-state index in [-0.39, 0.29) is 17.3 Å². The molecule has 0 aliphatic heterocycles. The molecule has 7 heteroatoms. The molecule has 0 unspecified atom stereocenters. The highest BCUT2D eigenvalue weighted by molar-refractivity contribution is 7.89. The number of nitrogens with two attached hydrogens (primary N) is 2. The van der Waals surface area contributed by atoms with Crippen molar-refractivity contribution in [2.24, 2.45) is 5.14 Å². The van der Waals surface area contributed by atoms with Gasteiger partial charge in [0.15, 0.2) is 0 Å². The van der Waals surface area contributed by atoms with Crippen molar-refractivity contribution >= 4 is 10.0 Å². The highest BCUT2D eigenvalue weighted by Gasteiger charge is 2.07. The molecule has 0 aliphatic carbocycles. The fourth-order valence-electron chi connectivity index (χ4n) is 2.24. The summed E-state index contributed by atoms with van der Waals surface area (Å²) in [5, 5.41) is 7.27. The Balaban J connectivity index is 0.00000264. The fourth-order valence-corrected chi connectivity index (χ4v) is 2.76. The molecule has 23 heavy (non-hydrogen) atoms. The Labute approximate surface area is 143 Å². The molecule has 5 nitrogen and oxygen atoms in total. The topological polar surface area (TPSA) is 86.0 Å². The van der Waals surface area contributed by atoms with E-state index in [1.54, 1.807) is 31.4 Å². The molecule has 0 spiro atoms. The van der Waals surface area contributed by atoms with Gasteiger partial charge in [-0.05, 0) is 29.8 Å². The average Bonchev–Trinajstić information content (AvgIpc) is 2.51. The second-order valence-electron chi connectivity index (χ2n) is 5.03. The molecule has 0 aliphatic rings. The van der Waals surface area contributed by atoms with Gasteiger partial charge in [0.25, 0.3) is 0 Å². The van der Waals surface area contributed by atoms with Gasteiger partial charge in [0, 0.05) is 12.0 Å². The summed E-state index contributed by atoms with van der Waals surface area (Å²) in [7, 11) is -1.94. The molecule has 126 valence electrons. The zero-order valence-electron chi connectivity index (χ0n) is 12.9. The molecule has 0 saturated carbocycles. The minimum Gasteiger partial charge on any atom is -1.00 e. The average molecular weight is 357 g/mol. The molecular formula is C16H21ClN2O3S. The fraction of sp³-hybridized carbons (Fsp3) is 0.250. The first-order valence-electron chi connectivity index (χ1n) is 7.06. The monoisotopic (exact) mass is 356 g/mol. The number of hydrogen-bond donors (Lipinski definition) is 2. The van der Waals surface area contributed by atoms with E-state index >= 15 is 0 Å². The van der Waals surface area contributed by atoms with E-state index in [9.17, 15) is 8.42 Å². The van der Waals surface area contributed by atoms with Crippen molar-refractivity contribution in [2.45, 2.75) is 17.9 Å². The summed E-state index contributed by atoms with van der Waals surface area (Å²) in [6.45, 7) is 1.76.